The van der Waals surface area contributed by atoms with E-state index in [0.29, 0.717) is 37.9 Å². The first kappa shape index (κ1) is 39.2. The van der Waals surface area contributed by atoms with Crippen LogP contribution in [-0.2, 0) is 30.5 Å². The molecule has 0 saturated carbocycles. The summed E-state index contributed by atoms with van der Waals surface area (Å²) in [5.41, 5.74) is 10.1. The van der Waals surface area contributed by atoms with Crippen LogP contribution in [-0.4, -0.2) is 98.2 Å². The Bertz CT molecular complexity index is 1260. The van der Waals surface area contributed by atoms with Crippen LogP contribution in [0.4, 0.5) is 4.79 Å². The summed E-state index contributed by atoms with van der Waals surface area (Å²) in [6.07, 6.45) is 5.47. The lowest BCUT2D eigenvalue weighted by Gasteiger charge is -2.35. The molecule has 1 aromatic carbocycles. The number of carbonyl (C=O) groups is 2. The molecular formula is C33H55N5O7S. The molecule has 0 aliphatic carbocycles. The van der Waals surface area contributed by atoms with Crippen molar-refractivity contribution < 1.29 is 32.6 Å². The molecular weight excluding hydrogens is 610 g/mol. The Labute approximate surface area is 275 Å². The normalized spacial score (nSPS) is 18.2. The molecule has 0 bridgehead atoms. The van der Waals surface area contributed by atoms with E-state index in [1.54, 1.807) is 19.3 Å². The largest absolute Gasteiger partial charge is 0.497 e. The Morgan fingerprint density at radius 2 is 1.83 bits per heavy atom. The molecule has 1 unspecified atom stereocenters. The zero-order valence-corrected chi connectivity index (χ0v) is 29.1. The van der Waals surface area contributed by atoms with Crippen LogP contribution in [0, 0.1) is 0 Å². The van der Waals surface area contributed by atoms with Crippen LogP contribution in [0.5, 0.6) is 0 Å². The van der Waals surface area contributed by atoms with Gasteiger partial charge in [0.15, 0.2) is 15.6 Å². The van der Waals surface area contributed by atoms with Crippen molar-refractivity contribution in [3.05, 3.63) is 59.4 Å². The van der Waals surface area contributed by atoms with Gasteiger partial charge in [0.25, 0.3) is 0 Å². The van der Waals surface area contributed by atoms with Crippen LogP contribution in [0.3, 0.4) is 0 Å². The van der Waals surface area contributed by atoms with Crippen molar-refractivity contribution in [1.82, 2.24) is 20.7 Å². The second-order valence-corrected chi connectivity index (χ2v) is 14.2. The molecule has 1 aliphatic rings. The topological polar surface area (TPSA) is 167 Å². The van der Waals surface area contributed by atoms with E-state index in [-0.39, 0.29) is 38.4 Å². The smallest absolute Gasteiger partial charge is 0.335 e. The molecule has 2 rings (SSSR count). The van der Waals surface area contributed by atoms with Crippen LogP contribution >= 0.6 is 0 Å². The molecule has 1 aliphatic heterocycles. The van der Waals surface area contributed by atoms with E-state index in [1.165, 1.54) is 11.9 Å². The summed E-state index contributed by atoms with van der Waals surface area (Å²) in [6, 6.07) is 8.15. The quantitative estimate of drug-likeness (QED) is 0.0667. The fraction of sp³-hybridized carbons (Fsp3) is 0.636. The maximum Gasteiger partial charge on any atom is 0.335 e. The van der Waals surface area contributed by atoms with Gasteiger partial charge in [-0.3, -0.25) is 4.79 Å². The molecule has 12 nitrogen and oxygen atoms in total. The lowest BCUT2D eigenvalue weighted by Crippen LogP contribution is -2.59. The van der Waals surface area contributed by atoms with Crippen LogP contribution in [0.25, 0.3) is 0 Å². The molecule has 260 valence electrons. The van der Waals surface area contributed by atoms with E-state index < -0.39 is 44.9 Å². The molecule has 0 radical (unpaired) electrons. The molecule has 1 aromatic rings. The van der Waals surface area contributed by atoms with Crippen LogP contribution in [0.2, 0.25) is 0 Å². The molecule has 1 saturated heterocycles. The number of benzene rings is 1. The number of nitrogens with zero attached hydrogens (tertiary/aromatic N) is 2. The van der Waals surface area contributed by atoms with E-state index in [1.807, 2.05) is 58.0 Å². The number of hydrazine groups is 1. The second-order valence-electron chi connectivity index (χ2n) is 12.0. The first-order valence-corrected chi connectivity index (χ1v) is 17.8. The van der Waals surface area contributed by atoms with Crippen molar-refractivity contribution >= 4 is 21.8 Å². The fourth-order valence-corrected chi connectivity index (χ4v) is 7.16. The Balaban J connectivity index is 2.46. The third-order valence-electron chi connectivity index (χ3n) is 7.97. The minimum Gasteiger partial charge on any atom is -0.497 e. The Kier molecular flexibility index (Phi) is 16.2. The van der Waals surface area contributed by atoms with Crippen LogP contribution in [0.1, 0.15) is 71.8 Å². The first-order valence-electron chi connectivity index (χ1n) is 16.1. The zero-order valence-electron chi connectivity index (χ0n) is 28.3. The lowest BCUT2D eigenvalue weighted by atomic mass is 10.0. The van der Waals surface area contributed by atoms with Crippen molar-refractivity contribution in [3.63, 3.8) is 0 Å². The number of aliphatic hydroxyl groups is 1. The Morgan fingerprint density at radius 3 is 2.35 bits per heavy atom. The number of carbonyl (C=O) groups excluding carboxylic acids is 2. The van der Waals surface area contributed by atoms with Gasteiger partial charge in [0.05, 0.1) is 31.6 Å². The predicted octanol–water partition coefficient (Wildman–Crippen LogP) is 3.24. The number of rotatable bonds is 21. The number of allylic oxidation sites excluding steroid dienone is 2. The van der Waals surface area contributed by atoms with Crippen molar-refractivity contribution in [3.8, 4) is 0 Å². The Morgan fingerprint density at radius 1 is 1.20 bits per heavy atom. The van der Waals surface area contributed by atoms with Crippen LogP contribution in [0.15, 0.2) is 53.8 Å². The zero-order chi connectivity index (χ0) is 34.3. The number of nitrogens with two attached hydrogens (primary N) is 1. The maximum absolute atomic E-state index is 14.4. The van der Waals surface area contributed by atoms with E-state index in [2.05, 4.69) is 10.7 Å². The van der Waals surface area contributed by atoms with Crippen molar-refractivity contribution in [2.75, 3.05) is 39.7 Å². The van der Waals surface area contributed by atoms with E-state index in [9.17, 15) is 23.1 Å². The first-order chi connectivity index (χ1) is 21.8. The van der Waals surface area contributed by atoms with Crippen molar-refractivity contribution in [2.45, 2.75) is 95.8 Å². The highest BCUT2D eigenvalue weighted by Gasteiger charge is 2.48. The summed E-state index contributed by atoms with van der Waals surface area (Å²) in [5, 5.41) is 14.3. The van der Waals surface area contributed by atoms with Gasteiger partial charge in [0.1, 0.15) is 11.6 Å². The van der Waals surface area contributed by atoms with Crippen LogP contribution < -0.4 is 16.5 Å². The number of sulfone groups is 1. The standard InChI is InChI=1S/C33H55N5O7S/c1-7-13-28(14-8-2)46(42,43)24-38(36-33(23-45-33)18-17-31(40)35-5)32(41)37(21-25(4)19-27(9-3)44-6)22-30(39)29(34)20-26-15-11-10-12-16-26/h9-12,15-16,19,28-30,36,39H,7-8,13-14,17-18,20-24,34H2,1-6H3,(H,35,40)/b25-19+,27-9-/t29-,30+,33?/m1/s1. The average molecular weight is 666 g/mol. The second kappa shape index (κ2) is 19.0. The summed E-state index contributed by atoms with van der Waals surface area (Å²) in [6.45, 7) is 7.61. The molecule has 3 atom stereocenters. The number of amides is 3. The Hall–Kier alpha value is -2.97. The lowest BCUT2D eigenvalue weighted by molar-refractivity contribution is -0.121. The number of ether oxygens (including phenoxy) is 2. The third-order valence-corrected chi connectivity index (χ3v) is 10.1. The van der Waals surface area contributed by atoms with Gasteiger partial charge >= 0.3 is 6.03 Å². The highest BCUT2D eigenvalue weighted by atomic mass is 32.2. The summed E-state index contributed by atoms with van der Waals surface area (Å²) in [7, 11) is -0.720. The van der Waals surface area contributed by atoms with E-state index >= 15 is 0 Å². The van der Waals surface area contributed by atoms with Gasteiger partial charge in [-0.15, -0.1) is 0 Å². The monoisotopic (exact) mass is 665 g/mol. The number of methoxy groups -OCH3 is 1. The van der Waals surface area contributed by atoms with Gasteiger partial charge in [-0.1, -0.05) is 62.6 Å². The van der Waals surface area contributed by atoms with Gasteiger partial charge < -0.3 is 30.5 Å². The number of aliphatic hydroxyl groups excluding tert-OH is 1. The minimum absolute atomic E-state index is 0.0618. The molecule has 5 N–H and O–H groups in total. The SMILES string of the molecule is C/C=C(/C=C(\C)CN(C[C@H](O)[C@H](N)Cc1ccccc1)C(=O)N(CS(=O)(=O)C(CCC)CCC)NC1(CCC(=O)NC)CO1)OC. The highest BCUT2D eigenvalue weighted by molar-refractivity contribution is 7.91. The number of hydrogen-bond donors (Lipinski definition) is 4. The highest BCUT2D eigenvalue weighted by Crippen LogP contribution is 2.30. The molecule has 13 heteroatoms. The number of epoxide rings is 1. The number of hydrogen-bond acceptors (Lipinski definition) is 9. The summed E-state index contributed by atoms with van der Waals surface area (Å²) >= 11 is 0. The average Bonchev–Trinajstić information content (AvgIpc) is 3.80. The molecule has 0 aromatic heterocycles. The minimum atomic E-state index is -3.80. The summed E-state index contributed by atoms with van der Waals surface area (Å²) in [5.74, 6) is -0.222. The summed E-state index contributed by atoms with van der Waals surface area (Å²) in [4.78, 5) is 27.8. The molecule has 3 amide bonds. The maximum atomic E-state index is 14.4. The van der Waals surface area contributed by atoms with E-state index in [4.69, 9.17) is 15.2 Å². The van der Waals surface area contributed by atoms with E-state index in [0.717, 1.165) is 16.1 Å². The van der Waals surface area contributed by atoms with Crippen molar-refractivity contribution in [2.24, 2.45) is 5.73 Å². The predicted molar refractivity (Wildman–Crippen MR) is 180 cm³/mol. The molecule has 1 fully saturated rings. The summed E-state index contributed by atoms with van der Waals surface area (Å²) < 4.78 is 38.6. The third kappa shape index (κ3) is 12.7. The van der Waals surface area contributed by atoms with Gasteiger partial charge in [-0.2, -0.15) is 5.43 Å². The number of nitrogens with one attached hydrogen (secondary N) is 2. The van der Waals surface area contributed by atoms with Gasteiger partial charge in [0, 0.05) is 32.5 Å². The molecule has 0 spiro atoms. The molecule has 46 heavy (non-hydrogen) atoms. The number of urea groups is 1. The van der Waals surface area contributed by atoms with Gasteiger partial charge in [-0.05, 0) is 50.8 Å². The van der Waals surface area contributed by atoms with Gasteiger partial charge in [0.2, 0.25) is 5.91 Å². The van der Waals surface area contributed by atoms with Gasteiger partial charge in [-0.25, -0.2) is 18.2 Å². The molecule has 1 heterocycles. The fourth-order valence-electron chi connectivity index (χ4n) is 5.22. The van der Waals surface area contributed by atoms with Crippen molar-refractivity contribution in [1.29, 1.82) is 0 Å².